The van der Waals surface area contributed by atoms with Gasteiger partial charge >= 0.3 is 0 Å². The number of hydrogen-bond donors (Lipinski definition) is 0. The van der Waals surface area contributed by atoms with E-state index in [2.05, 4.69) is 19.8 Å². The summed E-state index contributed by atoms with van der Waals surface area (Å²) in [7, 11) is -3.92. The van der Waals surface area contributed by atoms with Crippen molar-refractivity contribution in [1.82, 2.24) is 19.2 Å². The average molecular weight is 543 g/mol. The van der Waals surface area contributed by atoms with Gasteiger partial charge in [-0.3, -0.25) is 0 Å². The van der Waals surface area contributed by atoms with Crippen molar-refractivity contribution in [3.63, 3.8) is 0 Å². The molecule has 1 saturated heterocycles. The second kappa shape index (κ2) is 8.90. The summed E-state index contributed by atoms with van der Waals surface area (Å²) in [4.78, 5) is 13.4. The van der Waals surface area contributed by atoms with Gasteiger partial charge in [0.25, 0.3) is 10.0 Å². The van der Waals surface area contributed by atoms with Crippen molar-refractivity contribution in [3.05, 3.63) is 70.5 Å². The maximum Gasteiger partial charge on any atom is 0.283 e. The van der Waals surface area contributed by atoms with Crippen molar-refractivity contribution in [3.8, 4) is 0 Å². The Kier molecular flexibility index (Phi) is 5.81. The molecule has 36 heavy (non-hydrogen) atoms. The summed E-state index contributed by atoms with van der Waals surface area (Å²) in [6.07, 6.45) is 5.44. The number of halogens is 2. The van der Waals surface area contributed by atoms with Crippen LogP contribution in [0.15, 0.2) is 59.8 Å². The van der Waals surface area contributed by atoms with Crippen LogP contribution >= 0.6 is 23.2 Å². The molecular formula is C25H24Cl2N6O2S. The first-order chi connectivity index (χ1) is 17.3. The zero-order valence-corrected chi connectivity index (χ0v) is 21.9. The van der Waals surface area contributed by atoms with Crippen LogP contribution in [0.25, 0.3) is 10.9 Å². The number of fused-ring (bicyclic) bond motifs is 1. The highest BCUT2D eigenvalue weighted by atomic mass is 35.5. The fourth-order valence-corrected chi connectivity index (χ4v) is 6.51. The molecule has 0 radical (unpaired) electrons. The van der Waals surface area contributed by atoms with E-state index in [9.17, 15) is 8.42 Å². The van der Waals surface area contributed by atoms with Gasteiger partial charge in [0, 0.05) is 19.6 Å². The van der Waals surface area contributed by atoms with Crippen molar-refractivity contribution in [1.29, 1.82) is 0 Å². The van der Waals surface area contributed by atoms with Gasteiger partial charge in [-0.05, 0) is 49.9 Å². The van der Waals surface area contributed by atoms with Gasteiger partial charge in [-0.1, -0.05) is 47.0 Å². The Morgan fingerprint density at radius 3 is 2.39 bits per heavy atom. The molecule has 8 nitrogen and oxygen atoms in total. The minimum atomic E-state index is -3.92. The molecule has 1 aliphatic heterocycles. The summed E-state index contributed by atoms with van der Waals surface area (Å²) >= 11 is 12.7. The maximum atomic E-state index is 13.7. The summed E-state index contributed by atoms with van der Waals surface area (Å²) in [5, 5.41) is 6.34. The topological polar surface area (TPSA) is 84.2 Å². The van der Waals surface area contributed by atoms with Gasteiger partial charge in [0.1, 0.15) is 0 Å². The highest BCUT2D eigenvalue weighted by Gasteiger charge is 2.41. The number of benzene rings is 2. The normalized spacial score (nSPS) is 18.7. The van der Waals surface area contributed by atoms with E-state index in [4.69, 9.17) is 28.3 Å². The number of piperazine rings is 1. The Bertz CT molecular complexity index is 1540. The molecule has 3 heterocycles. The molecule has 1 saturated carbocycles. The molecule has 1 aliphatic carbocycles. The molecule has 0 N–H and O–H groups in total. The van der Waals surface area contributed by atoms with E-state index in [0.29, 0.717) is 58.3 Å². The van der Waals surface area contributed by atoms with E-state index in [-0.39, 0.29) is 10.9 Å². The summed E-state index contributed by atoms with van der Waals surface area (Å²) < 4.78 is 28.5. The molecule has 11 heteroatoms. The molecule has 6 rings (SSSR count). The molecule has 0 bridgehead atoms. The number of rotatable bonds is 5. The van der Waals surface area contributed by atoms with Crippen LogP contribution in [0, 0.1) is 12.8 Å². The van der Waals surface area contributed by atoms with Crippen LogP contribution in [-0.2, 0) is 10.0 Å². The Balaban J connectivity index is 1.43. The van der Waals surface area contributed by atoms with E-state index in [1.807, 2.05) is 6.92 Å². The Morgan fingerprint density at radius 1 is 0.972 bits per heavy atom. The molecule has 1 atom stereocenters. The van der Waals surface area contributed by atoms with E-state index in [1.165, 1.54) is 0 Å². The Morgan fingerprint density at radius 2 is 1.69 bits per heavy atom. The summed E-state index contributed by atoms with van der Waals surface area (Å²) in [6, 6.07) is 12.2. The highest BCUT2D eigenvalue weighted by Crippen LogP contribution is 2.42. The highest BCUT2D eigenvalue weighted by molar-refractivity contribution is 7.90. The molecule has 1 unspecified atom stereocenters. The maximum absolute atomic E-state index is 13.7. The van der Waals surface area contributed by atoms with Gasteiger partial charge in [-0.15, -0.1) is 5.10 Å². The predicted octanol–water partition coefficient (Wildman–Crippen LogP) is 4.78. The van der Waals surface area contributed by atoms with Gasteiger partial charge in [-0.25, -0.2) is 9.97 Å². The lowest BCUT2D eigenvalue weighted by molar-refractivity contribution is 0.470. The van der Waals surface area contributed by atoms with Gasteiger partial charge in [0.2, 0.25) is 5.95 Å². The Labute approximate surface area is 219 Å². The number of nitrogens with zero attached hydrogens (tertiary/aromatic N) is 6. The second-order valence-electron chi connectivity index (χ2n) is 9.36. The lowest BCUT2D eigenvalue weighted by atomic mass is 10.1. The van der Waals surface area contributed by atoms with Crippen molar-refractivity contribution in [2.45, 2.75) is 30.7 Å². The van der Waals surface area contributed by atoms with Gasteiger partial charge < -0.3 is 9.80 Å². The van der Waals surface area contributed by atoms with Crippen LogP contribution in [0.3, 0.4) is 0 Å². The summed E-state index contributed by atoms with van der Waals surface area (Å²) in [5.41, 5.74) is 1.45. The molecule has 2 aromatic heterocycles. The summed E-state index contributed by atoms with van der Waals surface area (Å²) in [6.45, 7) is 3.92. The standard InChI is InChI=1S/C25H24Cl2N6O2S/c1-16-5-9-19(10-6-16)36(34,35)33-21-4-2-3-20(27)23(21)24(30-33)32-12-11-31(15-22(32)17-7-8-17)25-28-13-18(26)14-29-25/h2-6,9-10,13-14,17,22H,7-8,11-12,15H2,1H3. The predicted molar refractivity (Wildman–Crippen MR) is 142 cm³/mol. The molecule has 0 spiro atoms. The third-order valence-electron chi connectivity index (χ3n) is 6.90. The minimum absolute atomic E-state index is 0.128. The van der Waals surface area contributed by atoms with Crippen molar-refractivity contribution in [2.75, 3.05) is 29.4 Å². The number of aromatic nitrogens is 4. The molecule has 2 fully saturated rings. The number of anilines is 2. The van der Waals surface area contributed by atoms with E-state index in [1.54, 1.807) is 54.9 Å². The molecule has 2 aliphatic rings. The fraction of sp³-hybridized carbons (Fsp3) is 0.320. The van der Waals surface area contributed by atoms with Crippen LogP contribution in [0.2, 0.25) is 10.0 Å². The largest absolute Gasteiger partial charge is 0.348 e. The number of hydrogen-bond acceptors (Lipinski definition) is 7. The zero-order chi connectivity index (χ0) is 25.0. The zero-order valence-electron chi connectivity index (χ0n) is 19.6. The summed E-state index contributed by atoms with van der Waals surface area (Å²) in [5.74, 6) is 1.72. The lowest BCUT2D eigenvalue weighted by Crippen LogP contribution is -2.55. The van der Waals surface area contributed by atoms with Crippen LogP contribution < -0.4 is 9.80 Å². The third kappa shape index (κ3) is 4.09. The fourth-order valence-electron chi connectivity index (χ4n) is 4.89. The third-order valence-corrected chi connectivity index (χ3v) is 9.01. The monoisotopic (exact) mass is 542 g/mol. The minimum Gasteiger partial charge on any atom is -0.348 e. The SMILES string of the molecule is Cc1ccc(S(=O)(=O)n2nc(N3CCN(c4ncc(Cl)cn4)CC3C3CC3)c3c(Cl)cccc32)cc1. The van der Waals surface area contributed by atoms with Crippen molar-refractivity contribution < 1.29 is 8.42 Å². The van der Waals surface area contributed by atoms with Crippen LogP contribution in [0.4, 0.5) is 11.8 Å². The second-order valence-corrected chi connectivity index (χ2v) is 12.0. The molecule has 4 aromatic rings. The Hall–Kier alpha value is -2.88. The smallest absolute Gasteiger partial charge is 0.283 e. The van der Waals surface area contributed by atoms with E-state index in [0.717, 1.165) is 22.5 Å². The van der Waals surface area contributed by atoms with E-state index < -0.39 is 10.0 Å². The average Bonchev–Trinajstić information content (AvgIpc) is 3.64. The molecule has 0 amide bonds. The molecule has 2 aromatic carbocycles. The van der Waals surface area contributed by atoms with Gasteiger partial charge in [0.05, 0.1) is 44.3 Å². The van der Waals surface area contributed by atoms with Crippen LogP contribution in [-0.4, -0.2) is 53.2 Å². The lowest BCUT2D eigenvalue weighted by Gasteiger charge is -2.42. The molecule has 186 valence electrons. The van der Waals surface area contributed by atoms with E-state index >= 15 is 0 Å². The van der Waals surface area contributed by atoms with Crippen LogP contribution in [0.1, 0.15) is 18.4 Å². The first kappa shape index (κ1) is 23.5. The van der Waals surface area contributed by atoms with Crippen LogP contribution in [0.5, 0.6) is 0 Å². The van der Waals surface area contributed by atoms with Crippen molar-refractivity contribution in [2.24, 2.45) is 5.92 Å². The first-order valence-corrected chi connectivity index (χ1v) is 14.0. The number of aryl methyl sites for hydroxylation is 1. The van der Waals surface area contributed by atoms with Gasteiger partial charge in [-0.2, -0.15) is 12.5 Å². The quantitative estimate of drug-likeness (QED) is 0.358. The van der Waals surface area contributed by atoms with Gasteiger partial charge in [0.15, 0.2) is 5.82 Å². The molecular weight excluding hydrogens is 519 g/mol. The van der Waals surface area contributed by atoms with Crippen molar-refractivity contribution >= 4 is 55.9 Å². The first-order valence-electron chi connectivity index (χ1n) is 11.8.